The first-order chi connectivity index (χ1) is 8.52. The molecule has 0 aromatic carbocycles. The third kappa shape index (κ3) is 4.61. The van der Waals surface area contributed by atoms with Gasteiger partial charge in [0.2, 0.25) is 0 Å². The Bertz CT molecular complexity index is 383. The minimum atomic E-state index is -0.403. The van der Waals surface area contributed by atoms with Crippen LogP contribution in [0.4, 0.5) is 0 Å². The molecular formula is C13H16O5. The molecule has 0 amide bonds. The summed E-state index contributed by atoms with van der Waals surface area (Å²) < 4.78 is 4.73. The largest absolute Gasteiger partial charge is 0.465 e. The molecule has 0 aromatic rings. The first kappa shape index (κ1) is 14.3. The smallest absolute Gasteiger partial charge is 0.309 e. The van der Waals surface area contributed by atoms with Crippen molar-refractivity contribution < 1.29 is 23.9 Å². The number of ketones is 3. The molecular weight excluding hydrogens is 236 g/mol. The Morgan fingerprint density at radius 1 is 1.28 bits per heavy atom. The van der Waals surface area contributed by atoms with Crippen LogP contribution in [0.5, 0.6) is 0 Å². The van der Waals surface area contributed by atoms with Crippen LogP contribution >= 0.6 is 0 Å². The van der Waals surface area contributed by atoms with E-state index in [4.69, 9.17) is 4.74 Å². The Labute approximate surface area is 105 Å². The lowest BCUT2D eigenvalue weighted by atomic mass is 9.97. The van der Waals surface area contributed by atoms with Crippen LogP contribution in [-0.4, -0.2) is 29.9 Å². The molecule has 0 aliphatic carbocycles. The van der Waals surface area contributed by atoms with Crippen molar-refractivity contribution >= 4 is 23.3 Å². The Morgan fingerprint density at radius 2 is 2.00 bits per heavy atom. The second-order valence-electron chi connectivity index (χ2n) is 4.28. The SMILES string of the molecule is C=CC(=O)CCC(=O)CC(=O)C[C@H]1CCOC1=O. The number of Topliss-reactive ketones (excluding diaryl/α,β-unsaturated/α-hetero) is 2. The molecule has 0 N–H and O–H groups in total. The Morgan fingerprint density at radius 3 is 2.56 bits per heavy atom. The van der Waals surface area contributed by atoms with Gasteiger partial charge in [-0.15, -0.1) is 0 Å². The van der Waals surface area contributed by atoms with Gasteiger partial charge in [-0.1, -0.05) is 6.58 Å². The number of hydrogen-bond acceptors (Lipinski definition) is 5. The molecule has 1 saturated heterocycles. The zero-order valence-electron chi connectivity index (χ0n) is 10.1. The van der Waals surface area contributed by atoms with Gasteiger partial charge in [0.25, 0.3) is 0 Å². The Hall–Kier alpha value is -1.78. The van der Waals surface area contributed by atoms with Crippen LogP contribution in [0, 0.1) is 5.92 Å². The van der Waals surface area contributed by atoms with Gasteiger partial charge < -0.3 is 4.74 Å². The summed E-state index contributed by atoms with van der Waals surface area (Å²) in [5.74, 6) is -1.52. The van der Waals surface area contributed by atoms with Crippen molar-refractivity contribution in [1.82, 2.24) is 0 Å². The predicted octanol–water partition coefficient (Wildman–Crippen LogP) is 1.00. The van der Waals surface area contributed by atoms with Gasteiger partial charge in [-0.2, -0.15) is 0 Å². The van der Waals surface area contributed by atoms with Crippen molar-refractivity contribution in [2.24, 2.45) is 5.92 Å². The number of cyclic esters (lactones) is 1. The van der Waals surface area contributed by atoms with Crippen LogP contribution in [0.3, 0.4) is 0 Å². The number of carbonyl (C=O) groups excluding carboxylic acids is 4. The Kier molecular flexibility index (Phi) is 5.42. The normalized spacial score (nSPS) is 18.2. The molecule has 0 spiro atoms. The van der Waals surface area contributed by atoms with Crippen molar-refractivity contribution in [3.63, 3.8) is 0 Å². The molecule has 98 valence electrons. The van der Waals surface area contributed by atoms with E-state index in [0.717, 1.165) is 6.08 Å². The first-order valence-corrected chi connectivity index (χ1v) is 5.88. The maximum absolute atomic E-state index is 11.5. The first-order valence-electron chi connectivity index (χ1n) is 5.88. The zero-order chi connectivity index (χ0) is 13.5. The van der Waals surface area contributed by atoms with E-state index in [0.29, 0.717) is 13.0 Å². The van der Waals surface area contributed by atoms with Crippen LogP contribution in [-0.2, 0) is 23.9 Å². The van der Waals surface area contributed by atoms with Crippen LogP contribution in [0.2, 0.25) is 0 Å². The molecule has 5 heteroatoms. The molecule has 1 aliphatic heterocycles. The van der Waals surface area contributed by atoms with Crippen LogP contribution in [0.25, 0.3) is 0 Å². The molecule has 0 bridgehead atoms. The Balaban J connectivity index is 2.27. The molecule has 0 aromatic heterocycles. The van der Waals surface area contributed by atoms with E-state index < -0.39 is 5.92 Å². The summed E-state index contributed by atoms with van der Waals surface area (Å²) in [6, 6.07) is 0. The van der Waals surface area contributed by atoms with E-state index >= 15 is 0 Å². The summed E-state index contributed by atoms with van der Waals surface area (Å²) in [5.41, 5.74) is 0. The summed E-state index contributed by atoms with van der Waals surface area (Å²) in [7, 11) is 0. The van der Waals surface area contributed by atoms with Gasteiger partial charge in [0, 0.05) is 19.3 Å². The minimum absolute atomic E-state index is 0.0473. The zero-order valence-corrected chi connectivity index (χ0v) is 10.1. The van der Waals surface area contributed by atoms with Crippen molar-refractivity contribution in [3.8, 4) is 0 Å². The highest BCUT2D eigenvalue weighted by atomic mass is 16.5. The number of allylic oxidation sites excluding steroid dienone is 1. The standard InChI is InChI=1S/C13H16O5/c1-2-10(14)3-4-11(15)8-12(16)7-9-5-6-18-13(9)17/h2,9H,1,3-8H2/t9-/m1/s1. The van der Waals surface area contributed by atoms with Gasteiger partial charge in [-0.3, -0.25) is 19.2 Å². The fraction of sp³-hybridized carbons (Fsp3) is 0.538. The lowest BCUT2D eigenvalue weighted by Gasteiger charge is -2.03. The highest BCUT2D eigenvalue weighted by molar-refractivity contribution is 6.02. The van der Waals surface area contributed by atoms with Gasteiger partial charge >= 0.3 is 5.97 Å². The van der Waals surface area contributed by atoms with Crippen molar-refractivity contribution in [3.05, 3.63) is 12.7 Å². The lowest BCUT2D eigenvalue weighted by Crippen LogP contribution is -2.16. The predicted molar refractivity (Wildman–Crippen MR) is 62.8 cm³/mol. The van der Waals surface area contributed by atoms with Gasteiger partial charge in [0.1, 0.15) is 11.6 Å². The third-order valence-corrected chi connectivity index (χ3v) is 2.79. The molecule has 1 aliphatic rings. The van der Waals surface area contributed by atoms with Crippen molar-refractivity contribution in [2.45, 2.75) is 32.1 Å². The lowest BCUT2D eigenvalue weighted by molar-refractivity contribution is -0.143. The summed E-state index contributed by atoms with van der Waals surface area (Å²) in [6.45, 7) is 3.64. The number of rotatable bonds is 8. The fourth-order valence-corrected chi connectivity index (χ4v) is 1.74. The molecule has 0 saturated carbocycles. The maximum Gasteiger partial charge on any atom is 0.309 e. The quantitative estimate of drug-likeness (QED) is 0.366. The highest BCUT2D eigenvalue weighted by Crippen LogP contribution is 2.19. The molecule has 1 rings (SSSR count). The monoisotopic (exact) mass is 252 g/mol. The molecule has 0 unspecified atom stereocenters. The van der Waals surface area contributed by atoms with Gasteiger partial charge in [-0.05, 0) is 12.5 Å². The fourth-order valence-electron chi connectivity index (χ4n) is 1.74. The minimum Gasteiger partial charge on any atom is -0.465 e. The van der Waals surface area contributed by atoms with E-state index in [1.165, 1.54) is 0 Å². The maximum atomic E-state index is 11.5. The van der Waals surface area contributed by atoms with E-state index in [9.17, 15) is 19.2 Å². The van der Waals surface area contributed by atoms with Crippen LogP contribution in [0.15, 0.2) is 12.7 Å². The van der Waals surface area contributed by atoms with Gasteiger partial charge in [0.05, 0.1) is 18.9 Å². The van der Waals surface area contributed by atoms with E-state index in [1.54, 1.807) is 0 Å². The third-order valence-electron chi connectivity index (χ3n) is 2.79. The topological polar surface area (TPSA) is 77.5 Å². The summed E-state index contributed by atoms with van der Waals surface area (Å²) >= 11 is 0. The number of hydrogen-bond donors (Lipinski definition) is 0. The second-order valence-corrected chi connectivity index (χ2v) is 4.28. The van der Waals surface area contributed by atoms with Crippen LogP contribution in [0.1, 0.15) is 32.1 Å². The van der Waals surface area contributed by atoms with E-state index in [-0.39, 0.29) is 49.0 Å². The summed E-state index contributed by atoms with van der Waals surface area (Å²) in [4.78, 5) is 45.0. The van der Waals surface area contributed by atoms with Crippen LogP contribution < -0.4 is 0 Å². The van der Waals surface area contributed by atoms with Crippen molar-refractivity contribution in [1.29, 1.82) is 0 Å². The molecule has 18 heavy (non-hydrogen) atoms. The number of esters is 1. The van der Waals surface area contributed by atoms with E-state index in [2.05, 4.69) is 6.58 Å². The molecule has 1 atom stereocenters. The van der Waals surface area contributed by atoms with Gasteiger partial charge in [0.15, 0.2) is 5.78 Å². The highest BCUT2D eigenvalue weighted by Gasteiger charge is 2.28. The molecule has 1 fully saturated rings. The van der Waals surface area contributed by atoms with E-state index in [1.807, 2.05) is 0 Å². The second kappa shape index (κ2) is 6.83. The average molecular weight is 252 g/mol. The molecule has 5 nitrogen and oxygen atoms in total. The summed E-state index contributed by atoms with van der Waals surface area (Å²) in [6.07, 6.45) is 1.66. The number of ether oxygens (including phenoxy) is 1. The molecule has 0 radical (unpaired) electrons. The summed E-state index contributed by atoms with van der Waals surface area (Å²) in [5, 5.41) is 0. The van der Waals surface area contributed by atoms with Gasteiger partial charge in [-0.25, -0.2) is 0 Å². The molecule has 1 heterocycles. The average Bonchev–Trinajstić information content (AvgIpc) is 2.71. The van der Waals surface area contributed by atoms with Crippen molar-refractivity contribution in [2.75, 3.05) is 6.61 Å². The number of carbonyl (C=O) groups is 4.